The van der Waals surface area contributed by atoms with Crippen LogP contribution in [-0.2, 0) is 4.79 Å². The minimum atomic E-state index is -0.691. The normalized spacial score (nSPS) is 12.8. The molecule has 0 aliphatic carbocycles. The van der Waals surface area contributed by atoms with Crippen molar-refractivity contribution in [2.24, 2.45) is 5.92 Å². The molecule has 4 heteroatoms. The number of hydrogen-bond donors (Lipinski definition) is 3. The lowest BCUT2D eigenvalue weighted by Crippen LogP contribution is -2.14. The van der Waals surface area contributed by atoms with Gasteiger partial charge in [-0.15, -0.1) is 0 Å². The van der Waals surface area contributed by atoms with Crippen molar-refractivity contribution in [3.05, 3.63) is 0 Å². The number of rotatable bonds is 7. The summed E-state index contributed by atoms with van der Waals surface area (Å²) in [6.45, 7) is 0. The Hall–Kier alpha value is 0.170. The first kappa shape index (κ1) is 12.2. The zero-order valence-corrected chi connectivity index (χ0v) is 8.86. The number of unbranched alkanes of at least 4 members (excludes halogenated alkanes) is 1. The van der Waals surface area contributed by atoms with E-state index in [1.165, 1.54) is 0 Å². The molecule has 0 fully saturated rings. The molecule has 1 N–H and O–H groups in total. The molecule has 0 spiro atoms. The number of carboxylic acid groups (broad SMARTS) is 1. The second-order valence-electron chi connectivity index (χ2n) is 2.77. The predicted octanol–water partition coefficient (Wildman–Crippen LogP) is 2.11. The van der Waals surface area contributed by atoms with Gasteiger partial charge < -0.3 is 5.11 Å². The molecule has 72 valence electrons. The highest BCUT2D eigenvalue weighted by molar-refractivity contribution is 7.80. The fourth-order valence-corrected chi connectivity index (χ4v) is 1.58. The Morgan fingerprint density at radius 3 is 2.25 bits per heavy atom. The lowest BCUT2D eigenvalue weighted by molar-refractivity contribution is -0.142. The van der Waals surface area contributed by atoms with Gasteiger partial charge in [-0.2, -0.15) is 25.3 Å². The Bertz CT molecular complexity index is 128. The van der Waals surface area contributed by atoms with Crippen LogP contribution in [0.15, 0.2) is 0 Å². The molecule has 1 atom stereocenters. The maximum absolute atomic E-state index is 10.6. The van der Waals surface area contributed by atoms with Crippen LogP contribution >= 0.6 is 25.3 Å². The van der Waals surface area contributed by atoms with Gasteiger partial charge in [-0.1, -0.05) is 6.42 Å². The summed E-state index contributed by atoms with van der Waals surface area (Å²) in [6, 6.07) is 0. The first-order valence-electron chi connectivity index (χ1n) is 4.17. The number of hydrogen-bond acceptors (Lipinski definition) is 3. The van der Waals surface area contributed by atoms with Crippen LogP contribution < -0.4 is 0 Å². The van der Waals surface area contributed by atoms with Gasteiger partial charge in [0.1, 0.15) is 0 Å². The van der Waals surface area contributed by atoms with E-state index in [4.69, 9.17) is 5.11 Å². The van der Waals surface area contributed by atoms with E-state index >= 15 is 0 Å². The molecule has 1 unspecified atom stereocenters. The summed E-state index contributed by atoms with van der Waals surface area (Å²) in [5.74, 6) is 0.594. The first-order chi connectivity index (χ1) is 5.72. The molecule has 0 aromatic carbocycles. The third-order valence-electron chi connectivity index (χ3n) is 1.79. The monoisotopic (exact) mass is 208 g/mol. The van der Waals surface area contributed by atoms with Crippen LogP contribution in [0.4, 0.5) is 0 Å². The lowest BCUT2D eigenvalue weighted by atomic mass is 10.00. The van der Waals surface area contributed by atoms with Crippen LogP contribution in [0.2, 0.25) is 0 Å². The van der Waals surface area contributed by atoms with Crippen LogP contribution in [0.5, 0.6) is 0 Å². The van der Waals surface area contributed by atoms with Gasteiger partial charge in [-0.25, -0.2) is 0 Å². The third-order valence-corrected chi connectivity index (χ3v) is 2.36. The van der Waals surface area contributed by atoms with Gasteiger partial charge in [-0.05, 0) is 30.8 Å². The number of aliphatic carboxylic acids is 1. The zero-order chi connectivity index (χ0) is 9.40. The van der Waals surface area contributed by atoms with Gasteiger partial charge in [0.15, 0.2) is 0 Å². The SMILES string of the molecule is O=C(O)C(CCS)CCCCS. The van der Waals surface area contributed by atoms with Gasteiger partial charge in [0, 0.05) is 0 Å². The molecule has 0 saturated heterocycles. The smallest absolute Gasteiger partial charge is 0.306 e. The Labute approximate surface area is 84.6 Å². The molecule has 0 rings (SSSR count). The average molecular weight is 208 g/mol. The topological polar surface area (TPSA) is 37.3 Å². The summed E-state index contributed by atoms with van der Waals surface area (Å²) in [5.41, 5.74) is 0. The molecule has 0 saturated carbocycles. The molecular weight excluding hydrogens is 192 g/mol. The summed E-state index contributed by atoms with van der Waals surface area (Å²) in [4.78, 5) is 10.6. The van der Waals surface area contributed by atoms with Gasteiger partial charge in [0.25, 0.3) is 0 Å². The maximum Gasteiger partial charge on any atom is 0.306 e. The van der Waals surface area contributed by atoms with Crippen molar-refractivity contribution in [1.29, 1.82) is 0 Å². The van der Waals surface area contributed by atoms with E-state index in [-0.39, 0.29) is 5.92 Å². The minimum Gasteiger partial charge on any atom is -0.481 e. The molecular formula is C8H16O2S2. The van der Waals surface area contributed by atoms with E-state index in [1.807, 2.05) is 0 Å². The second kappa shape index (κ2) is 7.80. The maximum atomic E-state index is 10.6. The molecule has 0 aliphatic rings. The van der Waals surface area contributed by atoms with Gasteiger partial charge in [0.05, 0.1) is 5.92 Å². The molecule has 0 aliphatic heterocycles. The van der Waals surface area contributed by atoms with Crippen LogP contribution in [0.25, 0.3) is 0 Å². The summed E-state index contributed by atoms with van der Waals surface area (Å²) in [7, 11) is 0. The zero-order valence-electron chi connectivity index (χ0n) is 7.07. The van der Waals surface area contributed by atoms with Crippen molar-refractivity contribution in [3.63, 3.8) is 0 Å². The van der Waals surface area contributed by atoms with Crippen molar-refractivity contribution < 1.29 is 9.90 Å². The fourth-order valence-electron chi connectivity index (χ4n) is 1.05. The van der Waals surface area contributed by atoms with E-state index in [2.05, 4.69) is 25.3 Å². The van der Waals surface area contributed by atoms with E-state index in [1.54, 1.807) is 0 Å². The lowest BCUT2D eigenvalue weighted by Gasteiger charge is -2.09. The van der Waals surface area contributed by atoms with E-state index in [9.17, 15) is 4.79 Å². The largest absolute Gasteiger partial charge is 0.481 e. The minimum absolute atomic E-state index is 0.206. The van der Waals surface area contributed by atoms with Gasteiger partial charge >= 0.3 is 5.97 Å². The molecule has 0 amide bonds. The van der Waals surface area contributed by atoms with Crippen molar-refractivity contribution >= 4 is 31.2 Å². The van der Waals surface area contributed by atoms with Crippen LogP contribution in [0, 0.1) is 5.92 Å². The molecule has 0 aromatic rings. The summed E-state index contributed by atoms with van der Waals surface area (Å²) < 4.78 is 0. The molecule has 0 bridgehead atoms. The Kier molecular flexibility index (Phi) is 7.91. The quantitative estimate of drug-likeness (QED) is 0.443. The average Bonchev–Trinajstić information content (AvgIpc) is 2.03. The van der Waals surface area contributed by atoms with Crippen LogP contribution in [-0.4, -0.2) is 22.6 Å². The first-order valence-corrected chi connectivity index (χ1v) is 5.43. The van der Waals surface area contributed by atoms with E-state index < -0.39 is 5.97 Å². The summed E-state index contributed by atoms with van der Waals surface area (Å²) in [5, 5.41) is 8.75. The second-order valence-corrected chi connectivity index (χ2v) is 3.66. The predicted molar refractivity (Wildman–Crippen MR) is 57.3 cm³/mol. The molecule has 0 radical (unpaired) electrons. The summed E-state index contributed by atoms with van der Waals surface area (Å²) in [6.07, 6.45) is 3.38. The molecule has 0 aromatic heterocycles. The third kappa shape index (κ3) is 5.77. The van der Waals surface area contributed by atoms with Crippen LogP contribution in [0.1, 0.15) is 25.7 Å². The highest BCUT2D eigenvalue weighted by Crippen LogP contribution is 2.13. The number of thiol groups is 2. The fraction of sp³-hybridized carbons (Fsp3) is 0.875. The van der Waals surface area contributed by atoms with Gasteiger partial charge in [0.2, 0.25) is 0 Å². The number of carboxylic acids is 1. The van der Waals surface area contributed by atoms with Crippen molar-refractivity contribution in [2.45, 2.75) is 25.7 Å². The highest BCUT2D eigenvalue weighted by atomic mass is 32.1. The Morgan fingerprint density at radius 1 is 1.17 bits per heavy atom. The molecule has 0 heterocycles. The van der Waals surface area contributed by atoms with Crippen molar-refractivity contribution in [2.75, 3.05) is 11.5 Å². The van der Waals surface area contributed by atoms with E-state index in [0.29, 0.717) is 12.2 Å². The van der Waals surface area contributed by atoms with Crippen molar-refractivity contribution in [1.82, 2.24) is 0 Å². The number of carbonyl (C=O) groups is 1. The molecule has 12 heavy (non-hydrogen) atoms. The van der Waals surface area contributed by atoms with Crippen LogP contribution in [0.3, 0.4) is 0 Å². The Balaban J connectivity index is 3.56. The van der Waals surface area contributed by atoms with Gasteiger partial charge in [-0.3, -0.25) is 4.79 Å². The summed E-state index contributed by atoms with van der Waals surface area (Å²) >= 11 is 8.09. The standard InChI is InChI=1S/C8H16O2S2/c9-8(10)7(4-6-12)3-1-2-5-11/h7,11-12H,1-6H2,(H,9,10). The van der Waals surface area contributed by atoms with Crippen molar-refractivity contribution in [3.8, 4) is 0 Å². The molecule has 2 nitrogen and oxygen atoms in total. The van der Waals surface area contributed by atoms with E-state index in [0.717, 1.165) is 25.0 Å². The highest BCUT2D eigenvalue weighted by Gasteiger charge is 2.15. The Morgan fingerprint density at radius 2 is 1.83 bits per heavy atom.